The van der Waals surface area contributed by atoms with Gasteiger partial charge in [-0.25, -0.2) is 5.48 Å². The number of rotatable bonds is 4. The number of nitrogens with one attached hydrogen (secondary N) is 2. The molecule has 0 atom stereocenters. The summed E-state index contributed by atoms with van der Waals surface area (Å²) in [6, 6.07) is 0. The molecule has 1 heterocycles. The van der Waals surface area contributed by atoms with Crippen molar-refractivity contribution in [2.24, 2.45) is 0 Å². The highest BCUT2D eigenvalue weighted by atomic mass is 16.6. The summed E-state index contributed by atoms with van der Waals surface area (Å²) < 4.78 is 0. The number of hydroxylamine groups is 1. The molecule has 1 aromatic rings. The van der Waals surface area contributed by atoms with Gasteiger partial charge in [-0.1, -0.05) is 6.08 Å². The molecule has 64 valence electrons. The van der Waals surface area contributed by atoms with Crippen molar-refractivity contribution in [1.29, 1.82) is 0 Å². The number of carbonyl (C=O) groups excluding carboxylic acids is 1. The first-order valence-electron chi connectivity index (χ1n) is 3.36. The predicted octanol–water partition coefficient (Wildman–Crippen LogP) is 0.257. The fourth-order valence-corrected chi connectivity index (χ4v) is 0.600. The number of amides is 1. The van der Waals surface area contributed by atoms with Crippen LogP contribution in [0.3, 0.4) is 0 Å². The third kappa shape index (κ3) is 2.21. The molecule has 0 saturated heterocycles. The Morgan fingerprint density at radius 2 is 2.75 bits per heavy atom. The Balaban J connectivity index is 2.34. The Kier molecular flexibility index (Phi) is 3.04. The van der Waals surface area contributed by atoms with E-state index in [1.165, 1.54) is 18.5 Å². The third-order valence-electron chi connectivity index (χ3n) is 1.13. The Morgan fingerprint density at radius 1 is 1.92 bits per heavy atom. The van der Waals surface area contributed by atoms with Gasteiger partial charge in [-0.3, -0.25) is 14.7 Å². The lowest BCUT2D eigenvalue weighted by atomic mass is 10.4. The Hall–Kier alpha value is -1.62. The van der Waals surface area contributed by atoms with Crippen LogP contribution < -0.4 is 5.48 Å². The number of H-pyrrole nitrogens is 1. The van der Waals surface area contributed by atoms with Gasteiger partial charge >= 0.3 is 0 Å². The van der Waals surface area contributed by atoms with Crippen LogP contribution in [0.4, 0.5) is 0 Å². The van der Waals surface area contributed by atoms with Crippen LogP contribution in [-0.2, 0) is 4.84 Å². The largest absolute Gasteiger partial charge is 0.285 e. The summed E-state index contributed by atoms with van der Waals surface area (Å²) in [6.45, 7) is 3.71. The summed E-state index contributed by atoms with van der Waals surface area (Å²) in [5.41, 5.74) is 2.65. The molecule has 0 spiro atoms. The van der Waals surface area contributed by atoms with E-state index in [9.17, 15) is 4.79 Å². The molecule has 5 nitrogen and oxygen atoms in total. The molecule has 0 unspecified atom stereocenters. The maximum atomic E-state index is 11.1. The smallest absolute Gasteiger partial charge is 0.278 e. The maximum absolute atomic E-state index is 11.1. The van der Waals surface area contributed by atoms with E-state index in [4.69, 9.17) is 4.84 Å². The van der Waals surface area contributed by atoms with E-state index < -0.39 is 0 Å². The zero-order chi connectivity index (χ0) is 8.81. The van der Waals surface area contributed by atoms with E-state index in [0.29, 0.717) is 5.56 Å². The van der Waals surface area contributed by atoms with Crippen molar-refractivity contribution in [3.8, 4) is 0 Å². The van der Waals surface area contributed by atoms with Crippen LogP contribution in [0.5, 0.6) is 0 Å². The lowest BCUT2D eigenvalue weighted by Crippen LogP contribution is -2.23. The second-order valence-electron chi connectivity index (χ2n) is 2.02. The Labute approximate surface area is 69.4 Å². The molecule has 1 aromatic heterocycles. The predicted molar refractivity (Wildman–Crippen MR) is 42.2 cm³/mol. The quantitative estimate of drug-likeness (QED) is 0.384. The monoisotopic (exact) mass is 167 g/mol. The molecule has 0 aliphatic carbocycles. The summed E-state index contributed by atoms with van der Waals surface area (Å²) in [6.07, 6.45) is 4.43. The first-order chi connectivity index (χ1) is 5.84. The van der Waals surface area contributed by atoms with E-state index in [1.807, 2.05) is 0 Å². The zero-order valence-electron chi connectivity index (χ0n) is 6.41. The van der Waals surface area contributed by atoms with Crippen molar-refractivity contribution in [2.75, 3.05) is 6.61 Å². The van der Waals surface area contributed by atoms with Gasteiger partial charge in [-0.2, -0.15) is 5.10 Å². The van der Waals surface area contributed by atoms with Crippen molar-refractivity contribution in [2.45, 2.75) is 0 Å². The lowest BCUT2D eigenvalue weighted by Gasteiger charge is -1.99. The average molecular weight is 167 g/mol. The maximum Gasteiger partial charge on any atom is 0.278 e. The molecule has 0 saturated carbocycles. The number of aromatic amines is 1. The second-order valence-corrected chi connectivity index (χ2v) is 2.02. The standard InChI is InChI=1S/C7H9N3O2/c1-2-3-12-10-7(11)6-4-8-9-5-6/h2,4-5H,1,3H2,(H,8,9)(H,10,11). The van der Waals surface area contributed by atoms with Crippen molar-refractivity contribution in [3.63, 3.8) is 0 Å². The third-order valence-corrected chi connectivity index (χ3v) is 1.13. The van der Waals surface area contributed by atoms with Gasteiger partial charge < -0.3 is 0 Å². The van der Waals surface area contributed by atoms with Crippen LogP contribution in [0.1, 0.15) is 10.4 Å². The fraction of sp³-hybridized carbons (Fsp3) is 0.143. The average Bonchev–Trinajstić information content (AvgIpc) is 2.56. The van der Waals surface area contributed by atoms with Gasteiger partial charge in [0, 0.05) is 6.20 Å². The number of aromatic nitrogens is 2. The minimum atomic E-state index is -0.328. The lowest BCUT2D eigenvalue weighted by molar-refractivity contribution is 0.0421. The van der Waals surface area contributed by atoms with Gasteiger partial charge in [0.25, 0.3) is 5.91 Å². The minimum Gasteiger partial charge on any atom is -0.285 e. The van der Waals surface area contributed by atoms with Crippen LogP contribution in [0.2, 0.25) is 0 Å². The second kappa shape index (κ2) is 4.30. The van der Waals surface area contributed by atoms with E-state index in [0.717, 1.165) is 0 Å². The topological polar surface area (TPSA) is 67.0 Å². The molecule has 0 radical (unpaired) electrons. The van der Waals surface area contributed by atoms with E-state index in [2.05, 4.69) is 22.3 Å². The fourth-order valence-electron chi connectivity index (χ4n) is 0.600. The summed E-state index contributed by atoms with van der Waals surface area (Å²) >= 11 is 0. The molecule has 2 N–H and O–H groups in total. The van der Waals surface area contributed by atoms with Crippen LogP contribution in [0.25, 0.3) is 0 Å². The van der Waals surface area contributed by atoms with Crippen LogP contribution in [-0.4, -0.2) is 22.7 Å². The molecule has 5 heteroatoms. The van der Waals surface area contributed by atoms with Crippen LogP contribution in [0, 0.1) is 0 Å². The Morgan fingerprint density at radius 3 is 3.33 bits per heavy atom. The van der Waals surface area contributed by atoms with Crippen LogP contribution in [0.15, 0.2) is 25.0 Å². The normalized spacial score (nSPS) is 9.33. The molecule has 0 aromatic carbocycles. The number of hydrogen-bond acceptors (Lipinski definition) is 3. The summed E-state index contributed by atoms with van der Waals surface area (Å²) in [7, 11) is 0. The number of hydrogen-bond donors (Lipinski definition) is 2. The van der Waals surface area contributed by atoms with Gasteiger partial charge in [-0.05, 0) is 0 Å². The minimum absolute atomic E-state index is 0.281. The van der Waals surface area contributed by atoms with Gasteiger partial charge in [0.1, 0.15) is 0 Å². The highest BCUT2D eigenvalue weighted by Gasteiger charge is 2.04. The first kappa shape index (κ1) is 8.48. The highest BCUT2D eigenvalue weighted by Crippen LogP contribution is 1.92. The Bertz CT molecular complexity index is 256. The summed E-state index contributed by atoms with van der Waals surface area (Å²) in [5.74, 6) is -0.328. The molecule has 0 bridgehead atoms. The van der Waals surface area contributed by atoms with Gasteiger partial charge in [0.15, 0.2) is 0 Å². The molecule has 0 aliphatic rings. The molecular formula is C7H9N3O2. The first-order valence-corrected chi connectivity index (χ1v) is 3.36. The van der Waals surface area contributed by atoms with E-state index in [-0.39, 0.29) is 12.5 Å². The highest BCUT2D eigenvalue weighted by molar-refractivity contribution is 5.92. The number of carbonyl (C=O) groups is 1. The SMILES string of the molecule is C=CCONC(=O)c1cn[nH]c1. The number of nitrogens with zero attached hydrogens (tertiary/aromatic N) is 1. The molecule has 1 amide bonds. The zero-order valence-corrected chi connectivity index (χ0v) is 6.41. The van der Waals surface area contributed by atoms with Crippen molar-refractivity contribution in [3.05, 3.63) is 30.6 Å². The van der Waals surface area contributed by atoms with Gasteiger partial charge in [-0.15, -0.1) is 6.58 Å². The van der Waals surface area contributed by atoms with Gasteiger partial charge in [0.05, 0.1) is 18.4 Å². The van der Waals surface area contributed by atoms with Gasteiger partial charge in [0.2, 0.25) is 0 Å². The molecule has 0 fully saturated rings. The van der Waals surface area contributed by atoms with E-state index >= 15 is 0 Å². The molecular weight excluding hydrogens is 158 g/mol. The van der Waals surface area contributed by atoms with Crippen LogP contribution >= 0.6 is 0 Å². The van der Waals surface area contributed by atoms with Crippen molar-refractivity contribution < 1.29 is 9.63 Å². The summed E-state index contributed by atoms with van der Waals surface area (Å²) in [5, 5.41) is 6.12. The summed E-state index contributed by atoms with van der Waals surface area (Å²) in [4.78, 5) is 15.8. The molecule has 1 rings (SSSR count). The van der Waals surface area contributed by atoms with Crippen molar-refractivity contribution in [1.82, 2.24) is 15.7 Å². The van der Waals surface area contributed by atoms with E-state index in [1.54, 1.807) is 0 Å². The van der Waals surface area contributed by atoms with Crippen molar-refractivity contribution >= 4 is 5.91 Å². The molecule has 12 heavy (non-hydrogen) atoms. The molecule has 0 aliphatic heterocycles.